The molecule has 0 spiro atoms. The summed E-state index contributed by atoms with van der Waals surface area (Å²) in [5.74, 6) is 0.219. The fourth-order valence-corrected chi connectivity index (χ4v) is 3.33. The molecule has 2 aromatic rings. The lowest BCUT2D eigenvalue weighted by Crippen LogP contribution is -2.24. The van der Waals surface area contributed by atoms with Crippen molar-refractivity contribution in [3.8, 4) is 0 Å². The molecular weight excluding hydrogens is 280 g/mol. The van der Waals surface area contributed by atoms with Crippen molar-refractivity contribution >= 4 is 11.4 Å². The SMILES string of the molecule is O=[N+]([O-])c1ccc(C2=NOC3c4ccccc4CCC23)cc1. The van der Waals surface area contributed by atoms with Crippen molar-refractivity contribution in [2.75, 3.05) is 0 Å². The van der Waals surface area contributed by atoms with Crippen LogP contribution in [0.25, 0.3) is 0 Å². The maximum Gasteiger partial charge on any atom is 0.269 e. The minimum atomic E-state index is -0.392. The molecule has 0 N–H and O–H groups in total. The highest BCUT2D eigenvalue weighted by Crippen LogP contribution is 2.42. The van der Waals surface area contributed by atoms with E-state index in [9.17, 15) is 10.1 Å². The number of aryl methyl sites for hydroxylation is 1. The third-order valence-corrected chi connectivity index (χ3v) is 4.44. The molecular formula is C17H14N2O3. The van der Waals surface area contributed by atoms with Crippen molar-refractivity contribution in [3.05, 3.63) is 75.3 Å². The monoisotopic (exact) mass is 294 g/mol. The number of oxime groups is 1. The molecule has 0 bridgehead atoms. The topological polar surface area (TPSA) is 64.7 Å². The second kappa shape index (κ2) is 4.94. The predicted octanol–water partition coefficient (Wildman–Crippen LogP) is 3.63. The number of benzene rings is 2. The second-order valence-corrected chi connectivity index (χ2v) is 5.65. The van der Waals surface area contributed by atoms with Gasteiger partial charge in [0.15, 0.2) is 6.10 Å². The van der Waals surface area contributed by atoms with Crippen LogP contribution in [0.4, 0.5) is 5.69 Å². The first-order chi connectivity index (χ1) is 10.7. The number of nitro groups is 1. The normalized spacial score (nSPS) is 22.3. The van der Waals surface area contributed by atoms with E-state index in [0.29, 0.717) is 0 Å². The van der Waals surface area contributed by atoms with Crippen LogP contribution in [-0.2, 0) is 11.3 Å². The van der Waals surface area contributed by atoms with Gasteiger partial charge in [0.2, 0.25) is 0 Å². The van der Waals surface area contributed by atoms with Gasteiger partial charge >= 0.3 is 0 Å². The Morgan fingerprint density at radius 3 is 2.68 bits per heavy atom. The van der Waals surface area contributed by atoms with Crippen molar-refractivity contribution in [2.24, 2.45) is 11.1 Å². The smallest absolute Gasteiger partial charge is 0.269 e. The summed E-state index contributed by atoms with van der Waals surface area (Å²) in [5.41, 5.74) is 4.42. The van der Waals surface area contributed by atoms with Crippen LogP contribution < -0.4 is 0 Å². The van der Waals surface area contributed by atoms with Gasteiger partial charge in [0.1, 0.15) is 0 Å². The molecule has 1 aliphatic carbocycles. The van der Waals surface area contributed by atoms with Crippen LogP contribution in [-0.4, -0.2) is 10.6 Å². The average molecular weight is 294 g/mol. The Bertz CT molecular complexity index is 768. The zero-order chi connectivity index (χ0) is 15.1. The Hall–Kier alpha value is -2.69. The number of hydrogen-bond acceptors (Lipinski definition) is 4. The Balaban J connectivity index is 1.65. The van der Waals surface area contributed by atoms with Crippen LogP contribution in [0.1, 0.15) is 29.2 Å². The highest BCUT2D eigenvalue weighted by molar-refractivity contribution is 6.03. The molecule has 0 aromatic heterocycles. The molecule has 0 radical (unpaired) electrons. The molecule has 2 unspecified atom stereocenters. The number of nitro benzene ring substituents is 1. The van der Waals surface area contributed by atoms with Crippen LogP contribution in [0, 0.1) is 16.0 Å². The van der Waals surface area contributed by atoms with Gasteiger partial charge in [0.25, 0.3) is 5.69 Å². The molecule has 1 aliphatic heterocycles. The molecule has 5 heteroatoms. The number of fused-ring (bicyclic) bond motifs is 3. The minimum absolute atomic E-state index is 0.0323. The zero-order valence-electron chi connectivity index (χ0n) is 11.8. The minimum Gasteiger partial charge on any atom is -0.387 e. The van der Waals surface area contributed by atoms with Gasteiger partial charge in [0.05, 0.1) is 10.6 Å². The fourth-order valence-electron chi connectivity index (χ4n) is 3.33. The summed E-state index contributed by atoms with van der Waals surface area (Å²) in [6.07, 6.45) is 1.96. The van der Waals surface area contributed by atoms with Crippen molar-refractivity contribution in [2.45, 2.75) is 18.9 Å². The second-order valence-electron chi connectivity index (χ2n) is 5.65. The molecule has 1 heterocycles. The first kappa shape index (κ1) is 13.0. The molecule has 2 aromatic carbocycles. The Kier molecular flexibility index (Phi) is 2.92. The zero-order valence-corrected chi connectivity index (χ0v) is 11.8. The van der Waals surface area contributed by atoms with Crippen molar-refractivity contribution in [1.82, 2.24) is 0 Å². The number of nitrogens with zero attached hydrogens (tertiary/aromatic N) is 2. The van der Waals surface area contributed by atoms with Gasteiger partial charge in [-0.1, -0.05) is 29.4 Å². The van der Waals surface area contributed by atoms with Gasteiger partial charge in [0, 0.05) is 23.6 Å². The van der Waals surface area contributed by atoms with Crippen LogP contribution in [0.2, 0.25) is 0 Å². The molecule has 5 nitrogen and oxygen atoms in total. The Labute approximate surface area is 127 Å². The Morgan fingerprint density at radius 2 is 1.91 bits per heavy atom. The Morgan fingerprint density at radius 1 is 1.14 bits per heavy atom. The van der Waals surface area contributed by atoms with Gasteiger partial charge in [-0.15, -0.1) is 0 Å². The summed E-state index contributed by atoms with van der Waals surface area (Å²) in [5, 5.41) is 15.0. The molecule has 0 fully saturated rings. The van der Waals surface area contributed by atoms with Crippen LogP contribution in [0.5, 0.6) is 0 Å². The first-order valence-corrected chi connectivity index (χ1v) is 7.30. The summed E-state index contributed by atoms with van der Waals surface area (Å²) >= 11 is 0. The average Bonchev–Trinajstić information content (AvgIpc) is 2.99. The molecule has 0 amide bonds. The predicted molar refractivity (Wildman–Crippen MR) is 81.7 cm³/mol. The number of non-ortho nitro benzene ring substituents is 1. The third kappa shape index (κ3) is 1.97. The van der Waals surface area contributed by atoms with Gasteiger partial charge in [-0.3, -0.25) is 10.1 Å². The molecule has 2 aliphatic rings. The maximum absolute atomic E-state index is 10.7. The van der Waals surface area contributed by atoms with E-state index >= 15 is 0 Å². The standard InChI is InChI=1S/C17H14N2O3/c20-19(21)13-8-5-12(6-9-13)16-15-10-7-11-3-1-2-4-14(11)17(15)22-18-16/h1-6,8-9,15,17H,7,10H2. The number of rotatable bonds is 2. The van der Waals surface area contributed by atoms with Crippen LogP contribution in [0.3, 0.4) is 0 Å². The van der Waals surface area contributed by atoms with E-state index in [4.69, 9.17) is 4.84 Å². The maximum atomic E-state index is 10.7. The molecule has 22 heavy (non-hydrogen) atoms. The van der Waals surface area contributed by atoms with Crippen molar-refractivity contribution < 1.29 is 9.76 Å². The summed E-state index contributed by atoms with van der Waals surface area (Å²) in [6.45, 7) is 0. The van der Waals surface area contributed by atoms with E-state index in [2.05, 4.69) is 17.3 Å². The highest BCUT2D eigenvalue weighted by atomic mass is 16.6. The fraction of sp³-hybridized carbons (Fsp3) is 0.235. The van der Waals surface area contributed by atoms with Crippen molar-refractivity contribution in [1.29, 1.82) is 0 Å². The van der Waals surface area contributed by atoms with E-state index in [1.165, 1.54) is 23.3 Å². The molecule has 110 valence electrons. The highest BCUT2D eigenvalue weighted by Gasteiger charge is 2.39. The van der Waals surface area contributed by atoms with E-state index in [-0.39, 0.29) is 17.7 Å². The van der Waals surface area contributed by atoms with Gasteiger partial charge in [-0.25, -0.2) is 0 Å². The van der Waals surface area contributed by atoms with E-state index < -0.39 is 4.92 Å². The van der Waals surface area contributed by atoms with Crippen molar-refractivity contribution in [3.63, 3.8) is 0 Å². The molecule has 4 rings (SSSR count). The van der Waals surface area contributed by atoms with Gasteiger partial charge < -0.3 is 4.84 Å². The number of hydrogen-bond donors (Lipinski definition) is 0. The lowest BCUT2D eigenvalue weighted by Gasteiger charge is -2.26. The lowest BCUT2D eigenvalue weighted by atomic mass is 9.78. The third-order valence-electron chi connectivity index (χ3n) is 4.44. The summed E-state index contributed by atoms with van der Waals surface area (Å²) in [7, 11) is 0. The largest absolute Gasteiger partial charge is 0.387 e. The van der Waals surface area contributed by atoms with Crippen LogP contribution >= 0.6 is 0 Å². The summed E-state index contributed by atoms with van der Waals surface area (Å²) in [4.78, 5) is 16.0. The van der Waals surface area contributed by atoms with Gasteiger partial charge in [-0.2, -0.15) is 0 Å². The summed E-state index contributed by atoms with van der Waals surface area (Å²) in [6, 6.07) is 14.8. The van der Waals surface area contributed by atoms with Crippen LogP contribution in [0.15, 0.2) is 53.7 Å². The summed E-state index contributed by atoms with van der Waals surface area (Å²) < 4.78 is 0. The first-order valence-electron chi connectivity index (χ1n) is 7.30. The van der Waals surface area contributed by atoms with Gasteiger partial charge in [-0.05, 0) is 36.1 Å². The van der Waals surface area contributed by atoms with E-state index in [1.54, 1.807) is 12.1 Å². The van der Waals surface area contributed by atoms with E-state index in [0.717, 1.165) is 24.1 Å². The molecule has 2 atom stereocenters. The lowest BCUT2D eigenvalue weighted by molar-refractivity contribution is -0.384. The quantitative estimate of drug-likeness (QED) is 0.627. The van der Waals surface area contributed by atoms with E-state index in [1.807, 2.05) is 12.1 Å². The molecule has 0 saturated carbocycles. The molecule has 0 saturated heterocycles.